The zero-order valence-corrected chi connectivity index (χ0v) is 14.1. The molecule has 2 heterocycles. The summed E-state index contributed by atoms with van der Waals surface area (Å²) >= 11 is 0. The molecule has 0 aliphatic heterocycles. The molecule has 126 valence electrons. The SMILES string of the molecule is CC(C)n1nc(OCc2ccc3ccccc3n2)cc1CCCO. The van der Waals surface area contributed by atoms with Crippen LogP contribution in [0.4, 0.5) is 0 Å². The van der Waals surface area contributed by atoms with Gasteiger partial charge in [-0.1, -0.05) is 24.3 Å². The van der Waals surface area contributed by atoms with Crippen molar-refractivity contribution in [2.75, 3.05) is 6.61 Å². The second kappa shape index (κ2) is 7.45. The summed E-state index contributed by atoms with van der Waals surface area (Å²) in [4.78, 5) is 4.61. The lowest BCUT2D eigenvalue weighted by atomic mass is 10.2. The Bertz CT molecular complexity index is 811. The Labute approximate surface area is 141 Å². The average Bonchev–Trinajstić information content (AvgIpc) is 3.01. The van der Waals surface area contributed by atoms with Gasteiger partial charge in [-0.2, -0.15) is 0 Å². The number of aromatic nitrogens is 3. The van der Waals surface area contributed by atoms with Gasteiger partial charge in [0.15, 0.2) is 0 Å². The Morgan fingerprint density at radius 3 is 2.79 bits per heavy atom. The minimum atomic E-state index is 0.181. The highest BCUT2D eigenvalue weighted by Gasteiger charge is 2.11. The Balaban J connectivity index is 1.73. The van der Waals surface area contributed by atoms with Crippen molar-refractivity contribution >= 4 is 10.9 Å². The number of aliphatic hydroxyl groups excluding tert-OH is 1. The average molecular weight is 325 g/mol. The van der Waals surface area contributed by atoms with Crippen molar-refractivity contribution in [3.8, 4) is 5.88 Å². The first kappa shape index (κ1) is 16.5. The lowest BCUT2D eigenvalue weighted by Crippen LogP contribution is -2.08. The zero-order chi connectivity index (χ0) is 16.9. The molecule has 5 heteroatoms. The predicted molar refractivity (Wildman–Crippen MR) is 94.1 cm³/mol. The Morgan fingerprint density at radius 1 is 1.17 bits per heavy atom. The van der Waals surface area contributed by atoms with Crippen molar-refractivity contribution in [2.45, 2.75) is 39.3 Å². The summed E-state index contributed by atoms with van der Waals surface area (Å²) in [5.41, 5.74) is 2.93. The Kier molecular flexibility index (Phi) is 5.11. The van der Waals surface area contributed by atoms with Crippen LogP contribution in [0, 0.1) is 0 Å². The second-order valence-corrected chi connectivity index (χ2v) is 6.12. The van der Waals surface area contributed by atoms with Gasteiger partial charge in [-0.05, 0) is 38.8 Å². The molecule has 0 aliphatic rings. The number of ether oxygens (including phenoxy) is 1. The van der Waals surface area contributed by atoms with E-state index < -0.39 is 0 Å². The van der Waals surface area contributed by atoms with Crippen LogP contribution in [0.5, 0.6) is 5.88 Å². The fourth-order valence-corrected chi connectivity index (χ4v) is 2.71. The number of nitrogens with zero attached hydrogens (tertiary/aromatic N) is 3. The maximum absolute atomic E-state index is 9.03. The molecule has 1 aromatic carbocycles. The molecular weight excluding hydrogens is 302 g/mol. The minimum Gasteiger partial charge on any atom is -0.470 e. The summed E-state index contributed by atoms with van der Waals surface area (Å²) in [5.74, 6) is 0.603. The van der Waals surface area contributed by atoms with Crippen LogP contribution in [-0.4, -0.2) is 26.5 Å². The van der Waals surface area contributed by atoms with Crippen molar-refractivity contribution < 1.29 is 9.84 Å². The van der Waals surface area contributed by atoms with Gasteiger partial charge in [0.2, 0.25) is 5.88 Å². The fourth-order valence-electron chi connectivity index (χ4n) is 2.71. The number of aliphatic hydroxyl groups is 1. The van der Waals surface area contributed by atoms with E-state index in [0.717, 1.165) is 35.1 Å². The van der Waals surface area contributed by atoms with Crippen molar-refractivity contribution in [1.82, 2.24) is 14.8 Å². The van der Waals surface area contributed by atoms with Gasteiger partial charge in [-0.25, -0.2) is 4.98 Å². The van der Waals surface area contributed by atoms with Gasteiger partial charge < -0.3 is 9.84 Å². The molecule has 24 heavy (non-hydrogen) atoms. The first-order valence-corrected chi connectivity index (χ1v) is 8.34. The molecule has 0 bridgehead atoms. The normalized spacial score (nSPS) is 11.3. The third-order valence-corrected chi connectivity index (χ3v) is 3.89. The van der Waals surface area contributed by atoms with Gasteiger partial charge in [0, 0.05) is 29.8 Å². The molecule has 0 atom stereocenters. The van der Waals surface area contributed by atoms with E-state index in [-0.39, 0.29) is 12.6 Å². The van der Waals surface area contributed by atoms with Crippen LogP contribution in [0.1, 0.15) is 37.7 Å². The van der Waals surface area contributed by atoms with Crippen LogP contribution in [0.25, 0.3) is 10.9 Å². The smallest absolute Gasteiger partial charge is 0.233 e. The first-order chi connectivity index (χ1) is 11.7. The number of rotatable bonds is 7. The third kappa shape index (κ3) is 3.74. The topological polar surface area (TPSA) is 60.2 Å². The van der Waals surface area contributed by atoms with Crippen molar-refractivity contribution in [3.63, 3.8) is 0 Å². The molecule has 0 spiro atoms. The van der Waals surface area contributed by atoms with E-state index in [2.05, 4.69) is 30.0 Å². The van der Waals surface area contributed by atoms with E-state index in [9.17, 15) is 0 Å². The van der Waals surface area contributed by atoms with Gasteiger partial charge in [-0.15, -0.1) is 5.10 Å². The van der Waals surface area contributed by atoms with Crippen molar-refractivity contribution in [1.29, 1.82) is 0 Å². The number of aryl methyl sites for hydroxylation is 1. The van der Waals surface area contributed by atoms with Gasteiger partial charge in [0.1, 0.15) is 6.61 Å². The van der Waals surface area contributed by atoms with Gasteiger partial charge >= 0.3 is 0 Å². The van der Waals surface area contributed by atoms with Crippen molar-refractivity contribution in [3.05, 3.63) is 53.9 Å². The molecule has 0 radical (unpaired) electrons. The number of para-hydroxylation sites is 1. The molecule has 0 saturated heterocycles. The highest BCUT2D eigenvalue weighted by atomic mass is 16.5. The maximum atomic E-state index is 9.03. The molecule has 3 aromatic rings. The molecule has 0 saturated carbocycles. The molecule has 1 N–H and O–H groups in total. The minimum absolute atomic E-state index is 0.181. The fraction of sp³-hybridized carbons (Fsp3) is 0.368. The van der Waals surface area contributed by atoms with E-state index >= 15 is 0 Å². The van der Waals surface area contributed by atoms with E-state index in [4.69, 9.17) is 9.84 Å². The third-order valence-electron chi connectivity index (χ3n) is 3.89. The zero-order valence-electron chi connectivity index (χ0n) is 14.1. The van der Waals surface area contributed by atoms with Crippen LogP contribution >= 0.6 is 0 Å². The number of benzene rings is 1. The monoisotopic (exact) mass is 325 g/mol. The number of pyridine rings is 1. The summed E-state index contributed by atoms with van der Waals surface area (Å²) in [6.45, 7) is 4.74. The molecule has 2 aromatic heterocycles. The summed E-state index contributed by atoms with van der Waals surface area (Å²) < 4.78 is 7.79. The quantitative estimate of drug-likeness (QED) is 0.722. The Morgan fingerprint density at radius 2 is 2.00 bits per heavy atom. The highest BCUT2D eigenvalue weighted by molar-refractivity contribution is 5.78. The van der Waals surface area contributed by atoms with E-state index in [1.165, 1.54) is 0 Å². The summed E-state index contributed by atoms with van der Waals surface area (Å²) in [6.07, 6.45) is 1.52. The lowest BCUT2D eigenvalue weighted by Gasteiger charge is -2.09. The van der Waals surface area contributed by atoms with Crippen LogP contribution in [0.2, 0.25) is 0 Å². The molecule has 5 nitrogen and oxygen atoms in total. The van der Waals surface area contributed by atoms with Gasteiger partial charge in [0.05, 0.1) is 11.2 Å². The summed E-state index contributed by atoms with van der Waals surface area (Å²) in [7, 11) is 0. The predicted octanol–water partition coefficient (Wildman–Crippen LogP) is 3.52. The van der Waals surface area contributed by atoms with E-state index in [1.807, 2.05) is 41.1 Å². The number of hydrogen-bond donors (Lipinski definition) is 1. The second-order valence-electron chi connectivity index (χ2n) is 6.12. The molecule has 3 rings (SSSR count). The van der Waals surface area contributed by atoms with Gasteiger partial charge in [0.25, 0.3) is 0 Å². The molecule has 0 fully saturated rings. The largest absolute Gasteiger partial charge is 0.470 e. The van der Waals surface area contributed by atoms with Crippen LogP contribution < -0.4 is 4.74 Å². The van der Waals surface area contributed by atoms with Crippen LogP contribution in [0.3, 0.4) is 0 Å². The van der Waals surface area contributed by atoms with Gasteiger partial charge in [-0.3, -0.25) is 4.68 Å². The summed E-state index contributed by atoms with van der Waals surface area (Å²) in [5, 5.41) is 14.7. The molecular formula is C19H23N3O2. The Hall–Kier alpha value is -2.40. The van der Waals surface area contributed by atoms with Crippen LogP contribution in [0.15, 0.2) is 42.5 Å². The standard InChI is InChI=1S/C19H23N3O2/c1-14(2)22-17(7-5-11-23)12-19(21-22)24-13-16-10-9-15-6-3-4-8-18(15)20-16/h3-4,6,8-10,12,14,23H,5,7,11,13H2,1-2H3. The van der Waals surface area contributed by atoms with E-state index in [1.54, 1.807) is 0 Å². The summed E-state index contributed by atoms with van der Waals surface area (Å²) in [6, 6.07) is 14.3. The molecule has 0 unspecified atom stereocenters. The maximum Gasteiger partial charge on any atom is 0.233 e. The highest BCUT2D eigenvalue weighted by Crippen LogP contribution is 2.19. The molecule has 0 aliphatic carbocycles. The van der Waals surface area contributed by atoms with E-state index in [0.29, 0.717) is 12.5 Å². The first-order valence-electron chi connectivity index (χ1n) is 8.34. The van der Waals surface area contributed by atoms with Crippen LogP contribution in [-0.2, 0) is 13.0 Å². The number of fused-ring (bicyclic) bond motifs is 1. The molecule has 0 amide bonds. The van der Waals surface area contributed by atoms with Crippen molar-refractivity contribution in [2.24, 2.45) is 0 Å². The lowest BCUT2D eigenvalue weighted by molar-refractivity contribution is 0.282. The number of hydrogen-bond acceptors (Lipinski definition) is 4.